The third kappa shape index (κ3) is 0.993. The van der Waals surface area contributed by atoms with E-state index in [0.29, 0.717) is 5.58 Å². The third-order valence-corrected chi connectivity index (χ3v) is 1.57. The largest absolute Gasteiger partial charge is 0.453 e. The molecule has 0 saturated heterocycles. The summed E-state index contributed by atoms with van der Waals surface area (Å²) in [5, 5.41) is 0.244. The van der Waals surface area contributed by atoms with Crippen LogP contribution >= 0.6 is 0 Å². The molecular formula is C9H4FO2. The number of fused-ring (bicyclic) bond motifs is 1. The van der Waals surface area contributed by atoms with Crippen molar-refractivity contribution in [3.05, 3.63) is 46.6 Å². The van der Waals surface area contributed by atoms with E-state index in [9.17, 15) is 9.18 Å². The molecule has 0 fully saturated rings. The van der Waals surface area contributed by atoms with Gasteiger partial charge in [-0.2, -0.15) is 0 Å². The normalized spacial score (nSPS) is 10.4. The highest BCUT2D eigenvalue weighted by molar-refractivity contribution is 5.75. The van der Waals surface area contributed by atoms with Crippen molar-refractivity contribution in [2.45, 2.75) is 0 Å². The zero-order valence-corrected chi connectivity index (χ0v) is 6.00. The minimum atomic E-state index is -0.444. The van der Waals surface area contributed by atoms with E-state index in [-0.39, 0.29) is 10.8 Å². The van der Waals surface area contributed by atoms with Gasteiger partial charge >= 0.3 is 0 Å². The van der Waals surface area contributed by atoms with Crippen LogP contribution in [0.25, 0.3) is 11.0 Å². The van der Waals surface area contributed by atoms with Crippen LogP contribution in [0.15, 0.2) is 33.5 Å². The summed E-state index contributed by atoms with van der Waals surface area (Å²) in [6, 6.07) is 4.93. The molecule has 2 nitrogen and oxygen atoms in total. The van der Waals surface area contributed by atoms with E-state index in [1.807, 2.05) is 0 Å². The van der Waals surface area contributed by atoms with Crippen molar-refractivity contribution in [2.24, 2.45) is 0 Å². The maximum atomic E-state index is 12.6. The Bertz CT molecular complexity index is 473. The van der Waals surface area contributed by atoms with E-state index in [1.54, 1.807) is 0 Å². The second-order valence-corrected chi connectivity index (χ2v) is 2.37. The van der Waals surface area contributed by atoms with Gasteiger partial charge in [0.15, 0.2) is 11.7 Å². The summed E-state index contributed by atoms with van der Waals surface area (Å²) in [4.78, 5) is 11.1. The first-order chi connectivity index (χ1) is 5.77. The Morgan fingerprint density at radius 2 is 2.25 bits per heavy atom. The van der Waals surface area contributed by atoms with Gasteiger partial charge in [0, 0.05) is 6.07 Å². The molecule has 2 rings (SSSR count). The van der Waals surface area contributed by atoms with E-state index in [4.69, 9.17) is 4.42 Å². The number of hydrogen-bond acceptors (Lipinski definition) is 2. The van der Waals surface area contributed by atoms with E-state index < -0.39 is 5.82 Å². The number of halogens is 1. The Hall–Kier alpha value is -1.64. The highest BCUT2D eigenvalue weighted by Crippen LogP contribution is 2.10. The first kappa shape index (κ1) is 7.03. The summed E-state index contributed by atoms with van der Waals surface area (Å²) in [5.41, 5.74) is 0.0691. The summed E-state index contributed by atoms with van der Waals surface area (Å²) in [6.45, 7) is 0. The predicted molar refractivity (Wildman–Crippen MR) is 41.3 cm³/mol. The van der Waals surface area contributed by atoms with Crippen LogP contribution in [0.2, 0.25) is 0 Å². The molecule has 1 aromatic carbocycles. The Morgan fingerprint density at radius 1 is 1.42 bits per heavy atom. The second-order valence-electron chi connectivity index (χ2n) is 2.37. The molecule has 0 aliphatic rings. The topological polar surface area (TPSA) is 30.2 Å². The van der Waals surface area contributed by atoms with E-state index in [1.165, 1.54) is 12.1 Å². The van der Waals surface area contributed by atoms with Crippen LogP contribution in [-0.2, 0) is 0 Å². The Labute approximate surface area is 67.2 Å². The zero-order valence-electron chi connectivity index (χ0n) is 6.00. The quantitative estimate of drug-likeness (QED) is 0.592. The highest BCUT2D eigenvalue weighted by Gasteiger charge is 2.00. The first-order valence-corrected chi connectivity index (χ1v) is 3.37. The van der Waals surface area contributed by atoms with Crippen LogP contribution in [0.5, 0.6) is 0 Å². The number of benzene rings is 1. The van der Waals surface area contributed by atoms with Gasteiger partial charge < -0.3 is 4.42 Å². The molecule has 0 amide bonds. The molecule has 59 valence electrons. The summed E-state index contributed by atoms with van der Waals surface area (Å²) in [7, 11) is 0. The molecule has 2 aromatic rings. The maximum Gasteiger partial charge on any atom is 0.193 e. The minimum absolute atomic E-state index is 0.244. The summed E-state index contributed by atoms with van der Waals surface area (Å²) in [5.74, 6) is -0.444. The fraction of sp³-hybridized carbons (Fsp3) is 0. The van der Waals surface area contributed by atoms with Crippen LogP contribution in [0.3, 0.4) is 0 Å². The smallest absolute Gasteiger partial charge is 0.193 e. The van der Waals surface area contributed by atoms with Crippen LogP contribution < -0.4 is 5.43 Å². The standard InChI is InChI=1S/C9H4FO2/c10-6-1-2-9-7(5-6)8(11)3-4-12-9/h1-3,5H. The molecule has 0 bridgehead atoms. The SMILES string of the molecule is O=c1c[c]oc2ccc(F)cc12. The average Bonchev–Trinajstić information content (AvgIpc) is 2.07. The van der Waals surface area contributed by atoms with Gasteiger partial charge in [-0.1, -0.05) is 0 Å². The van der Waals surface area contributed by atoms with Gasteiger partial charge in [0.25, 0.3) is 0 Å². The van der Waals surface area contributed by atoms with Crippen molar-refractivity contribution in [3.8, 4) is 0 Å². The molecule has 0 spiro atoms. The van der Waals surface area contributed by atoms with Crippen molar-refractivity contribution in [2.75, 3.05) is 0 Å². The summed E-state index contributed by atoms with van der Waals surface area (Å²) >= 11 is 0. The van der Waals surface area contributed by atoms with Crippen LogP contribution in [-0.4, -0.2) is 0 Å². The molecular weight excluding hydrogens is 159 g/mol. The molecule has 1 heterocycles. The van der Waals surface area contributed by atoms with Crippen LogP contribution in [0.4, 0.5) is 4.39 Å². The van der Waals surface area contributed by atoms with Crippen molar-refractivity contribution in [1.82, 2.24) is 0 Å². The monoisotopic (exact) mass is 163 g/mol. The Balaban J connectivity index is 2.98. The summed E-state index contributed by atoms with van der Waals surface area (Å²) in [6.07, 6.45) is 2.31. The lowest BCUT2D eigenvalue weighted by Gasteiger charge is -1.92. The molecule has 0 unspecified atom stereocenters. The fourth-order valence-electron chi connectivity index (χ4n) is 1.01. The van der Waals surface area contributed by atoms with Gasteiger partial charge in [-0.05, 0) is 18.2 Å². The lowest BCUT2D eigenvalue weighted by Crippen LogP contribution is -1.98. The van der Waals surface area contributed by atoms with E-state index in [2.05, 4.69) is 6.26 Å². The Kier molecular flexibility index (Phi) is 1.43. The van der Waals surface area contributed by atoms with Crippen LogP contribution in [0.1, 0.15) is 0 Å². The van der Waals surface area contributed by atoms with Crippen molar-refractivity contribution in [1.29, 1.82) is 0 Å². The van der Waals surface area contributed by atoms with Gasteiger partial charge in [0.05, 0.1) is 5.39 Å². The molecule has 0 aliphatic carbocycles. The van der Waals surface area contributed by atoms with Gasteiger partial charge in [0.1, 0.15) is 11.4 Å². The molecule has 0 saturated carbocycles. The van der Waals surface area contributed by atoms with Gasteiger partial charge in [-0.3, -0.25) is 4.79 Å². The average molecular weight is 163 g/mol. The third-order valence-electron chi connectivity index (χ3n) is 1.57. The van der Waals surface area contributed by atoms with E-state index >= 15 is 0 Å². The van der Waals surface area contributed by atoms with Gasteiger partial charge in [-0.25, -0.2) is 4.39 Å². The van der Waals surface area contributed by atoms with Gasteiger partial charge in [-0.15, -0.1) is 0 Å². The lowest BCUT2D eigenvalue weighted by atomic mass is 10.2. The Morgan fingerprint density at radius 3 is 3.08 bits per heavy atom. The van der Waals surface area contributed by atoms with Gasteiger partial charge in [0.2, 0.25) is 0 Å². The second kappa shape index (κ2) is 2.44. The first-order valence-electron chi connectivity index (χ1n) is 3.37. The predicted octanol–water partition coefficient (Wildman–Crippen LogP) is 1.73. The van der Waals surface area contributed by atoms with E-state index in [0.717, 1.165) is 12.1 Å². The number of hydrogen-bond donors (Lipinski definition) is 0. The molecule has 12 heavy (non-hydrogen) atoms. The summed E-state index contributed by atoms with van der Waals surface area (Å²) < 4.78 is 17.5. The molecule has 3 heteroatoms. The maximum absolute atomic E-state index is 12.6. The molecule has 1 radical (unpaired) electrons. The molecule has 1 aromatic heterocycles. The van der Waals surface area contributed by atoms with Crippen molar-refractivity contribution < 1.29 is 8.81 Å². The van der Waals surface area contributed by atoms with Crippen molar-refractivity contribution in [3.63, 3.8) is 0 Å². The zero-order chi connectivity index (χ0) is 8.55. The fourth-order valence-corrected chi connectivity index (χ4v) is 1.01. The highest BCUT2D eigenvalue weighted by atomic mass is 19.1. The van der Waals surface area contributed by atoms with Crippen LogP contribution in [0, 0.1) is 12.1 Å². The molecule has 0 aliphatic heterocycles. The molecule has 0 atom stereocenters. The number of rotatable bonds is 0. The van der Waals surface area contributed by atoms with Crippen molar-refractivity contribution >= 4 is 11.0 Å². The minimum Gasteiger partial charge on any atom is -0.453 e. The lowest BCUT2D eigenvalue weighted by molar-refractivity contribution is 0.587. The molecule has 0 N–H and O–H groups in total.